The molecule has 144 valence electrons. The molecular weight excluding hydrogens is 372 g/mol. The number of carbonyl (C=O) groups excluding carboxylic acids is 2. The van der Waals surface area contributed by atoms with E-state index in [0.717, 1.165) is 11.0 Å². The van der Waals surface area contributed by atoms with Crippen molar-refractivity contribution in [2.45, 2.75) is 13.0 Å². The smallest absolute Gasteiger partial charge is 0.307 e. The second-order valence-corrected chi connectivity index (χ2v) is 7.07. The Hall–Kier alpha value is -2.91. The lowest BCUT2D eigenvalue weighted by Crippen LogP contribution is -2.29. The monoisotopic (exact) mass is 392 g/mol. The largest absolute Gasteiger partial charge is 0.467 e. The molecule has 0 atom stereocenters. The van der Waals surface area contributed by atoms with Gasteiger partial charge >= 0.3 is 5.97 Å². The van der Waals surface area contributed by atoms with Gasteiger partial charge in [-0.15, -0.1) is 0 Å². The average molecular weight is 392 g/mol. The molecule has 27 heavy (non-hydrogen) atoms. The lowest BCUT2D eigenvalue weighted by Gasteiger charge is -2.06. The molecule has 1 heterocycles. The van der Waals surface area contributed by atoms with Crippen LogP contribution >= 0.6 is 0 Å². The number of ether oxygens (including phenoxy) is 1. The third-order valence-corrected chi connectivity index (χ3v) is 4.38. The van der Waals surface area contributed by atoms with E-state index in [9.17, 15) is 18.0 Å². The van der Waals surface area contributed by atoms with Gasteiger partial charge in [0, 0.05) is 12.0 Å². The molecule has 0 saturated carbocycles. The van der Waals surface area contributed by atoms with Crippen molar-refractivity contribution in [1.29, 1.82) is 0 Å². The predicted molar refractivity (Wildman–Crippen MR) is 98.5 cm³/mol. The Kier molecular flexibility index (Phi) is 7.78. The molecule has 0 unspecified atom stereocenters. The summed E-state index contributed by atoms with van der Waals surface area (Å²) in [5.74, 6) is -0.586. The number of hydrogen-bond donors (Lipinski definition) is 2. The van der Waals surface area contributed by atoms with Gasteiger partial charge in [0.1, 0.15) is 5.76 Å². The Labute approximate surface area is 157 Å². The first kappa shape index (κ1) is 20.4. The SMILES string of the molecule is O=C(COC(=O)CCNS(=O)(=O)/C=C/c1ccccc1)NCc1ccco1. The molecule has 2 aromatic rings. The van der Waals surface area contributed by atoms with Crippen LogP contribution in [0, 0.1) is 0 Å². The second kappa shape index (κ2) is 10.3. The van der Waals surface area contributed by atoms with E-state index in [1.165, 1.54) is 12.3 Å². The molecular formula is C18H20N2O6S. The number of rotatable bonds is 10. The van der Waals surface area contributed by atoms with E-state index in [0.29, 0.717) is 5.76 Å². The zero-order valence-electron chi connectivity index (χ0n) is 14.5. The number of esters is 1. The molecule has 1 aromatic carbocycles. The Bertz CT molecular complexity index is 861. The minimum absolute atomic E-state index is 0.131. The normalized spacial score (nSPS) is 11.4. The van der Waals surface area contributed by atoms with E-state index < -0.39 is 28.5 Å². The number of carbonyl (C=O) groups is 2. The molecule has 0 fully saturated rings. The van der Waals surface area contributed by atoms with Crippen molar-refractivity contribution in [2.24, 2.45) is 0 Å². The Morgan fingerprint density at radius 3 is 2.59 bits per heavy atom. The second-order valence-electron chi connectivity index (χ2n) is 5.42. The van der Waals surface area contributed by atoms with Crippen LogP contribution in [0.2, 0.25) is 0 Å². The highest BCUT2D eigenvalue weighted by molar-refractivity contribution is 7.92. The van der Waals surface area contributed by atoms with Crippen LogP contribution in [-0.4, -0.2) is 33.4 Å². The lowest BCUT2D eigenvalue weighted by atomic mass is 10.2. The van der Waals surface area contributed by atoms with Gasteiger partial charge in [0.15, 0.2) is 6.61 Å². The summed E-state index contributed by atoms with van der Waals surface area (Å²) in [6.45, 7) is -0.383. The highest BCUT2D eigenvalue weighted by Gasteiger charge is 2.10. The minimum Gasteiger partial charge on any atom is -0.467 e. The zero-order valence-corrected chi connectivity index (χ0v) is 15.3. The maximum absolute atomic E-state index is 11.8. The van der Waals surface area contributed by atoms with Gasteiger partial charge in [-0.1, -0.05) is 30.3 Å². The molecule has 2 rings (SSSR count). The summed E-state index contributed by atoms with van der Waals surface area (Å²) in [5, 5.41) is 3.55. The van der Waals surface area contributed by atoms with E-state index in [1.807, 2.05) is 6.07 Å². The Balaban J connectivity index is 1.63. The van der Waals surface area contributed by atoms with Crippen molar-refractivity contribution >= 4 is 28.0 Å². The van der Waals surface area contributed by atoms with E-state index in [-0.39, 0.29) is 19.5 Å². The third kappa shape index (κ3) is 8.34. The van der Waals surface area contributed by atoms with Gasteiger partial charge in [-0.3, -0.25) is 9.59 Å². The van der Waals surface area contributed by atoms with Crippen LogP contribution in [0.5, 0.6) is 0 Å². The maximum atomic E-state index is 11.8. The van der Waals surface area contributed by atoms with Crippen molar-refractivity contribution in [3.63, 3.8) is 0 Å². The topological polar surface area (TPSA) is 115 Å². The molecule has 0 saturated heterocycles. The molecule has 8 nitrogen and oxygen atoms in total. The van der Waals surface area contributed by atoms with Gasteiger partial charge in [0.2, 0.25) is 10.0 Å². The van der Waals surface area contributed by atoms with E-state index >= 15 is 0 Å². The van der Waals surface area contributed by atoms with E-state index in [1.54, 1.807) is 36.4 Å². The number of benzene rings is 1. The fraction of sp³-hybridized carbons (Fsp3) is 0.222. The number of sulfonamides is 1. The van der Waals surface area contributed by atoms with Crippen LogP contribution in [0.25, 0.3) is 6.08 Å². The first-order valence-electron chi connectivity index (χ1n) is 8.12. The van der Waals surface area contributed by atoms with Crippen molar-refractivity contribution in [2.75, 3.05) is 13.2 Å². The molecule has 0 aliphatic rings. The standard InChI is InChI=1S/C18H20N2O6S/c21-17(19-13-16-7-4-11-25-16)14-26-18(22)8-10-20-27(23,24)12-9-15-5-2-1-3-6-15/h1-7,9,11-12,20H,8,10,13-14H2,(H,19,21)/b12-9+. The van der Waals surface area contributed by atoms with Crippen LogP contribution in [0.4, 0.5) is 0 Å². The molecule has 0 spiro atoms. The molecule has 0 radical (unpaired) electrons. The molecule has 1 aromatic heterocycles. The van der Waals surface area contributed by atoms with Gasteiger partial charge < -0.3 is 14.5 Å². The average Bonchev–Trinajstić information content (AvgIpc) is 3.17. The van der Waals surface area contributed by atoms with Crippen molar-refractivity contribution in [1.82, 2.24) is 10.0 Å². The highest BCUT2D eigenvalue weighted by atomic mass is 32.2. The summed E-state index contributed by atoms with van der Waals surface area (Å²) >= 11 is 0. The zero-order chi connectivity index (χ0) is 19.5. The number of furan rings is 1. The molecule has 0 bridgehead atoms. The van der Waals surface area contributed by atoms with Gasteiger partial charge in [-0.25, -0.2) is 13.1 Å². The van der Waals surface area contributed by atoms with Gasteiger partial charge in [0.25, 0.3) is 5.91 Å². The van der Waals surface area contributed by atoms with Crippen LogP contribution < -0.4 is 10.0 Å². The predicted octanol–water partition coefficient (Wildman–Crippen LogP) is 1.42. The summed E-state index contributed by atoms with van der Waals surface area (Å²) in [6.07, 6.45) is 2.74. The van der Waals surface area contributed by atoms with Crippen molar-refractivity contribution in [3.8, 4) is 0 Å². The fourth-order valence-electron chi connectivity index (χ4n) is 1.94. The van der Waals surface area contributed by atoms with Gasteiger partial charge in [0.05, 0.1) is 19.2 Å². The first-order chi connectivity index (χ1) is 12.9. The number of nitrogens with one attached hydrogen (secondary N) is 2. The first-order valence-corrected chi connectivity index (χ1v) is 9.67. The summed E-state index contributed by atoms with van der Waals surface area (Å²) in [5.41, 5.74) is 0.739. The number of amides is 1. The molecule has 1 amide bonds. The summed E-state index contributed by atoms with van der Waals surface area (Å²) in [4.78, 5) is 23.1. The summed E-state index contributed by atoms with van der Waals surface area (Å²) in [7, 11) is -3.67. The number of hydrogen-bond acceptors (Lipinski definition) is 6. The summed E-state index contributed by atoms with van der Waals surface area (Å²) in [6, 6.07) is 12.3. The van der Waals surface area contributed by atoms with Crippen molar-refractivity contribution < 1.29 is 27.2 Å². The van der Waals surface area contributed by atoms with Crippen LogP contribution in [-0.2, 0) is 30.9 Å². The maximum Gasteiger partial charge on any atom is 0.307 e. The molecule has 0 aliphatic carbocycles. The van der Waals surface area contributed by atoms with Crippen LogP contribution in [0.1, 0.15) is 17.7 Å². The third-order valence-electron chi connectivity index (χ3n) is 3.28. The summed E-state index contributed by atoms with van der Waals surface area (Å²) < 4.78 is 35.7. The van der Waals surface area contributed by atoms with Gasteiger partial charge in [-0.2, -0.15) is 0 Å². The lowest BCUT2D eigenvalue weighted by molar-refractivity contribution is -0.148. The Morgan fingerprint density at radius 1 is 1.11 bits per heavy atom. The van der Waals surface area contributed by atoms with E-state index in [4.69, 9.17) is 9.15 Å². The van der Waals surface area contributed by atoms with Crippen LogP contribution in [0.3, 0.4) is 0 Å². The minimum atomic E-state index is -3.67. The molecule has 2 N–H and O–H groups in total. The van der Waals surface area contributed by atoms with E-state index in [2.05, 4.69) is 10.0 Å². The van der Waals surface area contributed by atoms with Gasteiger partial charge in [-0.05, 0) is 23.8 Å². The molecule has 9 heteroatoms. The quantitative estimate of drug-likeness (QED) is 0.591. The Morgan fingerprint density at radius 2 is 1.89 bits per heavy atom. The molecule has 0 aliphatic heterocycles. The fourth-order valence-corrected chi connectivity index (χ4v) is 2.76. The van der Waals surface area contributed by atoms with Crippen molar-refractivity contribution in [3.05, 3.63) is 65.5 Å². The highest BCUT2D eigenvalue weighted by Crippen LogP contribution is 2.03. The van der Waals surface area contributed by atoms with Crippen LogP contribution in [0.15, 0.2) is 58.6 Å².